The van der Waals surface area contributed by atoms with Crippen molar-refractivity contribution in [1.29, 1.82) is 0 Å². The topological polar surface area (TPSA) is 95.2 Å². The van der Waals surface area contributed by atoms with Crippen LogP contribution in [0.3, 0.4) is 0 Å². The molecule has 0 radical (unpaired) electrons. The van der Waals surface area contributed by atoms with Gasteiger partial charge in [-0.2, -0.15) is 0 Å². The molecular weight excluding hydrogens is 320 g/mol. The van der Waals surface area contributed by atoms with E-state index >= 15 is 0 Å². The number of ether oxygens (including phenoxy) is 2. The van der Waals surface area contributed by atoms with Crippen LogP contribution in [0.4, 0.5) is 0 Å². The first-order valence-electron chi connectivity index (χ1n) is 5.45. The van der Waals surface area contributed by atoms with Crippen molar-refractivity contribution in [1.82, 2.24) is 0 Å². The number of hydrogen-bond donors (Lipinski definition) is 0. The minimum atomic E-state index is -0.128. The molecule has 0 heterocycles. The summed E-state index contributed by atoms with van der Waals surface area (Å²) in [5.41, 5.74) is 0. The van der Waals surface area contributed by atoms with Gasteiger partial charge in [0, 0.05) is 17.1 Å². The first-order chi connectivity index (χ1) is 9.76. The molecule has 1 atom stereocenters. The molecule has 0 aromatic rings. The maximum Gasteiger partial charge on any atom is 0 e. The van der Waals surface area contributed by atoms with Crippen LogP contribution in [0.25, 0.3) is 0 Å². The number of esters is 1. The molecule has 1 aliphatic rings. The van der Waals surface area contributed by atoms with Gasteiger partial charge in [-0.15, -0.1) is 0 Å². The standard InChI is InChI=1S/C11H16O3.3CO.Fe/c1-3-14-11(12)8-9-4-6-10(13-2)7-5-9;3*1-2;/h4,6-7,9H,3,5,8H2,1-2H3;;;;. The predicted octanol–water partition coefficient (Wildman–Crippen LogP) is 1.93. The summed E-state index contributed by atoms with van der Waals surface area (Å²) in [5.74, 6) is 0.995. The van der Waals surface area contributed by atoms with E-state index in [2.05, 4.69) is 20.0 Å². The monoisotopic (exact) mass is 336 g/mol. The molecule has 0 aromatic carbocycles. The molecule has 6 nitrogen and oxygen atoms in total. The predicted molar refractivity (Wildman–Crippen MR) is 65.4 cm³/mol. The van der Waals surface area contributed by atoms with Crippen LogP contribution in [0.15, 0.2) is 24.0 Å². The Bertz CT molecular complexity index is 353. The maximum absolute atomic E-state index is 11.2. The summed E-state index contributed by atoms with van der Waals surface area (Å²) in [5, 5.41) is 0. The summed E-state index contributed by atoms with van der Waals surface area (Å²) in [7, 11) is 1.64. The summed E-state index contributed by atoms with van der Waals surface area (Å²) in [6.45, 7) is 15.8. The fourth-order valence-corrected chi connectivity index (χ4v) is 1.38. The van der Waals surface area contributed by atoms with Crippen molar-refractivity contribution in [3.63, 3.8) is 0 Å². The van der Waals surface area contributed by atoms with Crippen molar-refractivity contribution < 1.29 is 45.3 Å². The second-order valence-electron chi connectivity index (χ2n) is 3.17. The average Bonchev–Trinajstić information content (AvgIpc) is 2.54. The number of carbonyl (C=O) groups excluding carboxylic acids is 1. The van der Waals surface area contributed by atoms with E-state index in [9.17, 15) is 4.79 Å². The summed E-state index contributed by atoms with van der Waals surface area (Å²) in [6.07, 6.45) is 7.18. The average molecular weight is 336 g/mol. The molecular formula is C14H16FeO6. The Morgan fingerprint density at radius 1 is 1.29 bits per heavy atom. The van der Waals surface area contributed by atoms with Gasteiger partial charge in [0.05, 0.1) is 20.1 Å². The molecule has 0 saturated heterocycles. The summed E-state index contributed by atoms with van der Waals surface area (Å²) in [4.78, 5) is 11.2. The Hall–Kier alpha value is -1.51. The number of rotatable bonds is 4. The Labute approximate surface area is 135 Å². The van der Waals surface area contributed by atoms with Crippen LogP contribution in [-0.4, -0.2) is 19.7 Å². The van der Waals surface area contributed by atoms with Gasteiger partial charge in [-0.05, 0) is 31.4 Å². The van der Waals surface area contributed by atoms with E-state index in [1.807, 2.05) is 25.2 Å². The third-order valence-electron chi connectivity index (χ3n) is 2.12. The van der Waals surface area contributed by atoms with Gasteiger partial charge >= 0.3 is 39.9 Å². The van der Waals surface area contributed by atoms with E-state index in [0.717, 1.165) is 12.2 Å². The first kappa shape index (κ1) is 27.8. The molecule has 0 N–H and O–H groups in total. The molecule has 116 valence electrons. The van der Waals surface area contributed by atoms with Crippen molar-refractivity contribution in [2.24, 2.45) is 5.92 Å². The molecule has 1 unspecified atom stereocenters. The largest absolute Gasteiger partial charge is 0 e. The van der Waals surface area contributed by atoms with Gasteiger partial charge in [0.15, 0.2) is 0 Å². The Kier molecular flexibility index (Phi) is 31.2. The number of carbonyl (C=O) groups is 1. The van der Waals surface area contributed by atoms with Crippen molar-refractivity contribution in [3.8, 4) is 0 Å². The molecule has 0 fully saturated rings. The second kappa shape index (κ2) is 23.6. The van der Waals surface area contributed by atoms with Crippen molar-refractivity contribution in [2.45, 2.75) is 19.8 Å². The van der Waals surface area contributed by atoms with E-state index < -0.39 is 0 Å². The zero-order valence-corrected chi connectivity index (χ0v) is 12.8. The number of hydrogen-bond acceptors (Lipinski definition) is 3. The zero-order valence-electron chi connectivity index (χ0n) is 11.7. The van der Waals surface area contributed by atoms with Gasteiger partial charge in [-0.1, -0.05) is 6.08 Å². The Morgan fingerprint density at radius 3 is 2.14 bits per heavy atom. The van der Waals surface area contributed by atoms with Crippen molar-refractivity contribution >= 4 is 5.97 Å². The third-order valence-corrected chi connectivity index (χ3v) is 2.12. The molecule has 0 amide bonds. The third kappa shape index (κ3) is 16.4. The SMILES string of the molecule is CCOC(=O)CC1C=CC(OC)=CC1.[C-]#[O+].[C-]#[O+].[C-]#[O+].[Fe]. The second-order valence-corrected chi connectivity index (χ2v) is 3.17. The smallest absolute Gasteiger partial charge is 0 e. The summed E-state index contributed by atoms with van der Waals surface area (Å²) in [6, 6.07) is 0. The first-order valence-corrected chi connectivity index (χ1v) is 5.45. The Morgan fingerprint density at radius 2 is 1.81 bits per heavy atom. The van der Waals surface area contributed by atoms with Crippen LogP contribution in [0.1, 0.15) is 19.8 Å². The van der Waals surface area contributed by atoms with Crippen molar-refractivity contribution in [2.75, 3.05) is 13.7 Å². The van der Waals surface area contributed by atoms with Crippen LogP contribution in [0.5, 0.6) is 0 Å². The minimum Gasteiger partial charge on any atom is 0 e. The van der Waals surface area contributed by atoms with Crippen LogP contribution in [0, 0.1) is 25.9 Å². The van der Waals surface area contributed by atoms with E-state index in [-0.39, 0.29) is 29.0 Å². The Balaban J connectivity index is -0.000000183. The van der Waals surface area contributed by atoms with Gasteiger partial charge in [0.25, 0.3) is 0 Å². The van der Waals surface area contributed by atoms with E-state index in [0.29, 0.717) is 13.0 Å². The van der Waals surface area contributed by atoms with Crippen LogP contribution >= 0.6 is 0 Å². The maximum atomic E-state index is 11.2. The van der Waals surface area contributed by atoms with E-state index in [4.69, 9.17) is 23.4 Å². The molecule has 21 heavy (non-hydrogen) atoms. The summed E-state index contributed by atoms with van der Waals surface area (Å²) < 4.78 is 32.4. The molecule has 1 aliphatic carbocycles. The van der Waals surface area contributed by atoms with Gasteiger partial charge in [-0.3, -0.25) is 4.79 Å². The zero-order chi connectivity index (χ0) is 16.4. The van der Waals surface area contributed by atoms with Crippen LogP contribution in [0.2, 0.25) is 0 Å². The summed E-state index contributed by atoms with van der Waals surface area (Å²) >= 11 is 0. The molecule has 0 aromatic heterocycles. The molecule has 7 heteroatoms. The fraction of sp³-hybridized carbons (Fsp3) is 0.429. The van der Waals surface area contributed by atoms with Crippen LogP contribution < -0.4 is 0 Å². The molecule has 1 rings (SSSR count). The molecule has 0 saturated carbocycles. The quantitative estimate of drug-likeness (QED) is 0.340. The van der Waals surface area contributed by atoms with Gasteiger partial charge in [0.1, 0.15) is 5.76 Å². The number of methoxy groups -OCH3 is 1. The molecule has 0 bridgehead atoms. The number of allylic oxidation sites excluding steroid dienone is 3. The van der Waals surface area contributed by atoms with Crippen LogP contribution in [-0.2, 0) is 45.3 Å². The normalized spacial score (nSPS) is 13.7. The van der Waals surface area contributed by atoms with E-state index in [1.165, 1.54) is 0 Å². The molecule has 0 spiro atoms. The fourth-order valence-electron chi connectivity index (χ4n) is 1.38. The van der Waals surface area contributed by atoms with Gasteiger partial charge in [-0.25, -0.2) is 0 Å². The minimum absolute atomic E-state index is 0. The van der Waals surface area contributed by atoms with Gasteiger partial charge in [0.2, 0.25) is 0 Å². The van der Waals surface area contributed by atoms with Gasteiger partial charge < -0.3 is 9.47 Å². The van der Waals surface area contributed by atoms with E-state index in [1.54, 1.807) is 7.11 Å². The molecule has 0 aliphatic heterocycles. The van der Waals surface area contributed by atoms with Crippen molar-refractivity contribution in [3.05, 3.63) is 43.9 Å².